The zero-order valence-corrected chi connectivity index (χ0v) is 16.0. The molecule has 0 radical (unpaired) electrons. The van der Waals surface area contributed by atoms with Crippen molar-refractivity contribution in [2.45, 2.75) is 52.2 Å². The van der Waals surface area contributed by atoms with Gasteiger partial charge in [-0.1, -0.05) is 18.2 Å². The predicted molar refractivity (Wildman–Crippen MR) is 103 cm³/mol. The number of esters is 1. The molecule has 0 aliphatic heterocycles. The molecule has 27 heavy (non-hydrogen) atoms. The van der Waals surface area contributed by atoms with Crippen LogP contribution in [0.4, 0.5) is 0 Å². The maximum atomic E-state index is 12.4. The van der Waals surface area contributed by atoms with Crippen molar-refractivity contribution in [3.05, 3.63) is 35.5 Å². The summed E-state index contributed by atoms with van der Waals surface area (Å²) >= 11 is 0. The molecule has 3 N–H and O–H groups in total. The zero-order valence-electron chi connectivity index (χ0n) is 16.0. The molecule has 0 bridgehead atoms. The summed E-state index contributed by atoms with van der Waals surface area (Å²) in [6.07, 6.45) is 1.20. The molecule has 7 heteroatoms. The number of amides is 2. The van der Waals surface area contributed by atoms with Crippen molar-refractivity contribution in [2.75, 3.05) is 6.54 Å². The highest BCUT2D eigenvalue weighted by Gasteiger charge is 2.19. The highest BCUT2D eigenvalue weighted by Crippen LogP contribution is 2.21. The average molecular weight is 373 g/mol. The van der Waals surface area contributed by atoms with Gasteiger partial charge < -0.3 is 20.4 Å². The number of rotatable bonds is 10. The van der Waals surface area contributed by atoms with E-state index in [1.165, 1.54) is 0 Å². The lowest BCUT2D eigenvalue weighted by molar-refractivity contribution is -0.147. The molecule has 1 aromatic carbocycles. The summed E-state index contributed by atoms with van der Waals surface area (Å²) in [7, 11) is 0. The number of nitrogens with one attached hydrogen (secondary N) is 3. The molecule has 0 aliphatic rings. The van der Waals surface area contributed by atoms with E-state index in [1.807, 2.05) is 31.2 Å². The Morgan fingerprint density at radius 3 is 2.70 bits per heavy atom. The van der Waals surface area contributed by atoms with Crippen molar-refractivity contribution in [1.82, 2.24) is 15.6 Å². The number of hydrogen-bond acceptors (Lipinski definition) is 4. The molecule has 146 valence electrons. The SMILES string of the molecule is Cc1[nH]c2ccccc2c1CCNC(=O)[C@H](CCC(=O)OC(C)C)NC=O. The Balaban J connectivity index is 1.88. The van der Waals surface area contributed by atoms with Crippen LogP contribution in [-0.2, 0) is 25.5 Å². The first-order valence-electron chi connectivity index (χ1n) is 9.15. The van der Waals surface area contributed by atoms with Crippen LogP contribution in [0.5, 0.6) is 0 Å². The lowest BCUT2D eigenvalue weighted by Gasteiger charge is -2.16. The van der Waals surface area contributed by atoms with Crippen LogP contribution in [0.2, 0.25) is 0 Å². The number of aromatic nitrogens is 1. The molecule has 0 fully saturated rings. The Bertz CT molecular complexity index is 798. The van der Waals surface area contributed by atoms with Crippen molar-refractivity contribution < 1.29 is 19.1 Å². The number of hydrogen-bond donors (Lipinski definition) is 3. The average Bonchev–Trinajstić information content (AvgIpc) is 2.93. The minimum atomic E-state index is -0.758. The molecule has 1 aromatic heterocycles. The molecule has 2 aromatic rings. The van der Waals surface area contributed by atoms with Crippen LogP contribution in [0.1, 0.15) is 37.9 Å². The van der Waals surface area contributed by atoms with Crippen molar-refractivity contribution in [2.24, 2.45) is 0 Å². The normalized spacial score (nSPS) is 12.0. The Morgan fingerprint density at radius 1 is 1.26 bits per heavy atom. The Labute approximate surface area is 158 Å². The van der Waals surface area contributed by atoms with Gasteiger partial charge in [-0.3, -0.25) is 14.4 Å². The van der Waals surface area contributed by atoms with Gasteiger partial charge in [0.25, 0.3) is 0 Å². The van der Waals surface area contributed by atoms with Crippen LogP contribution in [0, 0.1) is 6.92 Å². The van der Waals surface area contributed by atoms with E-state index in [0.29, 0.717) is 19.4 Å². The molecule has 2 amide bonds. The van der Waals surface area contributed by atoms with Gasteiger partial charge in [0.1, 0.15) is 6.04 Å². The second-order valence-electron chi connectivity index (χ2n) is 6.73. The van der Waals surface area contributed by atoms with Crippen LogP contribution in [0.3, 0.4) is 0 Å². The van der Waals surface area contributed by atoms with Crippen molar-refractivity contribution >= 4 is 29.2 Å². The lowest BCUT2D eigenvalue weighted by atomic mass is 10.1. The molecule has 0 spiro atoms. The monoisotopic (exact) mass is 373 g/mol. The van der Waals surface area contributed by atoms with Crippen LogP contribution in [-0.4, -0.2) is 42.0 Å². The van der Waals surface area contributed by atoms with Crippen LogP contribution in [0.15, 0.2) is 24.3 Å². The van der Waals surface area contributed by atoms with Gasteiger partial charge in [-0.15, -0.1) is 0 Å². The van der Waals surface area contributed by atoms with E-state index in [1.54, 1.807) is 13.8 Å². The first kappa shape index (κ1) is 20.5. The topological polar surface area (TPSA) is 100 Å². The highest BCUT2D eigenvalue weighted by molar-refractivity contribution is 5.85. The quantitative estimate of drug-likeness (QED) is 0.438. The maximum Gasteiger partial charge on any atom is 0.306 e. The van der Waals surface area contributed by atoms with E-state index in [9.17, 15) is 14.4 Å². The summed E-state index contributed by atoms with van der Waals surface area (Å²) in [4.78, 5) is 38.1. The van der Waals surface area contributed by atoms with Gasteiger partial charge in [0.2, 0.25) is 12.3 Å². The highest BCUT2D eigenvalue weighted by atomic mass is 16.5. The van der Waals surface area contributed by atoms with Gasteiger partial charge in [0.05, 0.1) is 6.10 Å². The van der Waals surface area contributed by atoms with E-state index in [2.05, 4.69) is 15.6 Å². The first-order chi connectivity index (χ1) is 12.9. The summed E-state index contributed by atoms with van der Waals surface area (Å²) in [5.41, 5.74) is 3.30. The number of aryl methyl sites for hydroxylation is 1. The standard InChI is InChI=1S/C20H27N3O4/c1-13(2)27-19(25)9-8-18(22-12-24)20(26)21-11-10-15-14(3)23-17-7-5-4-6-16(15)17/h4-7,12-13,18,23H,8-11H2,1-3H3,(H,21,26)(H,22,24)/t18-/m0/s1. The number of ether oxygens (including phenoxy) is 1. The van der Waals surface area contributed by atoms with Gasteiger partial charge in [0, 0.05) is 29.6 Å². The third-order valence-electron chi connectivity index (χ3n) is 4.29. The van der Waals surface area contributed by atoms with Gasteiger partial charge >= 0.3 is 5.97 Å². The van der Waals surface area contributed by atoms with E-state index < -0.39 is 6.04 Å². The van der Waals surface area contributed by atoms with E-state index in [4.69, 9.17) is 4.74 Å². The lowest BCUT2D eigenvalue weighted by Crippen LogP contribution is -2.44. The van der Waals surface area contributed by atoms with E-state index >= 15 is 0 Å². The smallest absolute Gasteiger partial charge is 0.306 e. The minimum absolute atomic E-state index is 0.0681. The molecule has 0 unspecified atom stereocenters. The Kier molecular flexibility index (Phi) is 7.40. The van der Waals surface area contributed by atoms with Gasteiger partial charge in [-0.05, 0) is 45.2 Å². The zero-order chi connectivity index (χ0) is 19.8. The van der Waals surface area contributed by atoms with E-state index in [-0.39, 0.29) is 30.8 Å². The fourth-order valence-corrected chi connectivity index (χ4v) is 3.05. The summed E-state index contributed by atoms with van der Waals surface area (Å²) < 4.78 is 5.05. The van der Waals surface area contributed by atoms with Crippen LogP contribution >= 0.6 is 0 Å². The van der Waals surface area contributed by atoms with Crippen LogP contribution < -0.4 is 10.6 Å². The summed E-state index contributed by atoms with van der Waals surface area (Å²) in [6, 6.07) is 7.27. The van der Waals surface area contributed by atoms with Crippen molar-refractivity contribution in [3.8, 4) is 0 Å². The van der Waals surface area contributed by atoms with Gasteiger partial charge in [0.15, 0.2) is 0 Å². The number of carbonyl (C=O) groups is 3. The number of aromatic amines is 1. The molecule has 1 atom stereocenters. The first-order valence-corrected chi connectivity index (χ1v) is 9.15. The largest absolute Gasteiger partial charge is 0.463 e. The molecular weight excluding hydrogens is 346 g/mol. The maximum absolute atomic E-state index is 12.4. The van der Waals surface area contributed by atoms with Crippen molar-refractivity contribution in [3.63, 3.8) is 0 Å². The van der Waals surface area contributed by atoms with Gasteiger partial charge in [-0.2, -0.15) is 0 Å². The van der Waals surface area contributed by atoms with Crippen molar-refractivity contribution in [1.29, 1.82) is 0 Å². The molecule has 2 rings (SSSR count). The second-order valence-corrected chi connectivity index (χ2v) is 6.73. The third kappa shape index (κ3) is 5.84. The Hall–Kier alpha value is -2.83. The molecular formula is C20H27N3O4. The van der Waals surface area contributed by atoms with Gasteiger partial charge in [-0.25, -0.2) is 0 Å². The predicted octanol–water partition coefficient (Wildman–Crippen LogP) is 1.98. The summed E-state index contributed by atoms with van der Waals surface area (Å²) in [6.45, 7) is 5.97. The van der Waals surface area contributed by atoms with E-state index in [0.717, 1.165) is 22.2 Å². The van der Waals surface area contributed by atoms with Crippen LogP contribution in [0.25, 0.3) is 10.9 Å². The summed E-state index contributed by atoms with van der Waals surface area (Å²) in [5.74, 6) is -0.693. The number of carbonyl (C=O) groups excluding carboxylic acids is 3. The number of H-pyrrole nitrogens is 1. The second kappa shape index (κ2) is 9.75. The molecule has 1 heterocycles. The Morgan fingerprint density at radius 2 is 2.00 bits per heavy atom. The number of para-hydroxylation sites is 1. The molecule has 0 aliphatic carbocycles. The third-order valence-corrected chi connectivity index (χ3v) is 4.29. The summed E-state index contributed by atoms with van der Waals surface area (Å²) in [5, 5.41) is 6.45. The fraction of sp³-hybridized carbons (Fsp3) is 0.450. The fourth-order valence-electron chi connectivity index (χ4n) is 3.05. The number of fused-ring (bicyclic) bond motifs is 1. The minimum Gasteiger partial charge on any atom is -0.463 e. The molecule has 7 nitrogen and oxygen atoms in total. The molecule has 0 saturated heterocycles. The number of benzene rings is 1. The molecule has 0 saturated carbocycles.